The van der Waals surface area contributed by atoms with Crippen LogP contribution in [0.4, 0.5) is 0 Å². The molecule has 0 saturated carbocycles. The number of aliphatic hydroxyl groups excluding tert-OH is 1. The number of carbonyl (C=O) groups excluding carboxylic acids is 2. The molecular formula is C25H37N5O5S. The maximum Gasteiger partial charge on any atom is 0.272 e. The first-order chi connectivity index (χ1) is 17.1. The van der Waals surface area contributed by atoms with Gasteiger partial charge in [-0.3, -0.25) is 14.6 Å². The molecule has 2 aromatic rings. The van der Waals surface area contributed by atoms with E-state index in [0.29, 0.717) is 12.8 Å². The summed E-state index contributed by atoms with van der Waals surface area (Å²) in [5.74, 6) is -2.02. The number of aliphatic hydroxyl groups is 1. The van der Waals surface area contributed by atoms with Crippen molar-refractivity contribution in [3.8, 4) is 0 Å². The highest BCUT2D eigenvalue weighted by Crippen LogP contribution is 2.13. The minimum atomic E-state index is -3.66. The number of hydrogen-bond donors (Lipinski definition) is 3. The zero-order valence-electron chi connectivity index (χ0n) is 21.1. The number of benzene rings is 1. The molecule has 10 nitrogen and oxygen atoms in total. The standard InChI is InChI=1S/C25H37N5O5S/c1-4-6-12-36(34,35)17-22(29-24(32)21-14-27-10-11-28-21)25(33)30(16-23(31)18(3)26)15-20-9-7-8-19(5-2)13-20/h7-11,13-14,18,22-23,31H,4-6,12,15-17,26H2,1-3H3,(H,29,32). The van der Waals surface area contributed by atoms with Gasteiger partial charge in [0.15, 0.2) is 9.84 Å². The fourth-order valence-electron chi connectivity index (χ4n) is 3.54. The van der Waals surface area contributed by atoms with Crippen molar-refractivity contribution in [1.82, 2.24) is 20.2 Å². The van der Waals surface area contributed by atoms with Crippen molar-refractivity contribution in [2.45, 2.75) is 64.8 Å². The van der Waals surface area contributed by atoms with Crippen LogP contribution in [0.5, 0.6) is 0 Å². The normalized spacial score (nSPS) is 14.0. The van der Waals surface area contributed by atoms with Crippen molar-refractivity contribution in [3.63, 3.8) is 0 Å². The lowest BCUT2D eigenvalue weighted by molar-refractivity contribution is -0.135. The van der Waals surface area contributed by atoms with Crippen LogP contribution in [-0.2, 0) is 27.6 Å². The van der Waals surface area contributed by atoms with E-state index in [1.165, 1.54) is 23.5 Å². The van der Waals surface area contributed by atoms with E-state index in [0.717, 1.165) is 17.5 Å². The molecule has 0 aliphatic rings. The van der Waals surface area contributed by atoms with Gasteiger partial charge < -0.3 is 21.1 Å². The van der Waals surface area contributed by atoms with Crippen LogP contribution in [0.3, 0.4) is 0 Å². The van der Waals surface area contributed by atoms with Crippen molar-refractivity contribution >= 4 is 21.7 Å². The number of rotatable bonds is 14. The Morgan fingerprint density at radius 2 is 1.92 bits per heavy atom. The lowest BCUT2D eigenvalue weighted by atomic mass is 10.1. The van der Waals surface area contributed by atoms with Crippen molar-refractivity contribution in [1.29, 1.82) is 0 Å². The largest absolute Gasteiger partial charge is 0.390 e. The highest BCUT2D eigenvalue weighted by atomic mass is 32.2. The first-order valence-electron chi connectivity index (χ1n) is 12.1. The second-order valence-electron chi connectivity index (χ2n) is 8.90. The summed E-state index contributed by atoms with van der Waals surface area (Å²) in [7, 11) is -3.66. The lowest BCUT2D eigenvalue weighted by Gasteiger charge is -2.30. The lowest BCUT2D eigenvalue weighted by Crippen LogP contribution is -2.54. The molecule has 0 radical (unpaired) electrons. The van der Waals surface area contributed by atoms with Crippen LogP contribution in [0.15, 0.2) is 42.9 Å². The Bertz CT molecular complexity index is 1100. The fourth-order valence-corrected chi connectivity index (χ4v) is 5.17. The molecule has 0 fully saturated rings. The smallest absolute Gasteiger partial charge is 0.272 e. The van der Waals surface area contributed by atoms with Crippen LogP contribution in [-0.4, -0.2) is 76.4 Å². The maximum atomic E-state index is 13.7. The van der Waals surface area contributed by atoms with Crippen molar-refractivity contribution in [3.05, 3.63) is 59.7 Å². The maximum absolute atomic E-state index is 13.7. The number of aromatic nitrogens is 2. The number of nitrogens with zero attached hydrogens (tertiary/aromatic N) is 3. The highest BCUT2D eigenvalue weighted by molar-refractivity contribution is 7.91. The monoisotopic (exact) mass is 519 g/mol. The number of hydrogen-bond acceptors (Lipinski definition) is 8. The minimum absolute atomic E-state index is 0.0425. The highest BCUT2D eigenvalue weighted by Gasteiger charge is 2.32. The molecule has 3 atom stereocenters. The third-order valence-electron chi connectivity index (χ3n) is 5.73. The number of sulfone groups is 1. The predicted octanol–water partition coefficient (Wildman–Crippen LogP) is 1.09. The van der Waals surface area contributed by atoms with Gasteiger partial charge in [-0.15, -0.1) is 0 Å². The summed E-state index contributed by atoms with van der Waals surface area (Å²) in [6.45, 7) is 5.49. The van der Waals surface area contributed by atoms with Crippen LogP contribution in [0.25, 0.3) is 0 Å². The Kier molecular flexibility index (Phi) is 11.4. The Labute approximate surface area is 213 Å². The number of unbranched alkanes of at least 4 members (excludes halogenated alkanes) is 1. The average Bonchev–Trinajstić information content (AvgIpc) is 2.86. The molecule has 2 rings (SSSR count). The van der Waals surface area contributed by atoms with Gasteiger partial charge in [-0.05, 0) is 30.9 Å². The van der Waals surface area contributed by atoms with E-state index >= 15 is 0 Å². The molecule has 1 heterocycles. The Morgan fingerprint density at radius 1 is 1.19 bits per heavy atom. The number of amides is 2. The summed E-state index contributed by atoms with van der Waals surface area (Å²) in [5, 5.41) is 13.0. The number of nitrogens with one attached hydrogen (secondary N) is 1. The molecule has 0 spiro atoms. The molecule has 198 valence electrons. The van der Waals surface area contributed by atoms with Gasteiger partial charge in [-0.2, -0.15) is 0 Å². The first-order valence-corrected chi connectivity index (χ1v) is 14.0. The molecule has 4 N–H and O–H groups in total. The Balaban J connectivity index is 2.39. The Morgan fingerprint density at radius 3 is 2.53 bits per heavy atom. The topological polar surface area (TPSA) is 156 Å². The van der Waals surface area contributed by atoms with Gasteiger partial charge in [0, 0.05) is 31.5 Å². The van der Waals surface area contributed by atoms with E-state index < -0.39 is 45.6 Å². The van der Waals surface area contributed by atoms with Gasteiger partial charge in [0.2, 0.25) is 5.91 Å². The summed E-state index contributed by atoms with van der Waals surface area (Å²) in [6.07, 6.45) is 4.83. The van der Waals surface area contributed by atoms with Gasteiger partial charge >= 0.3 is 0 Å². The third kappa shape index (κ3) is 9.29. The fraction of sp³-hybridized carbons (Fsp3) is 0.520. The molecule has 1 aromatic heterocycles. The summed E-state index contributed by atoms with van der Waals surface area (Å²) in [4.78, 5) is 35.7. The predicted molar refractivity (Wildman–Crippen MR) is 138 cm³/mol. The van der Waals surface area contributed by atoms with Gasteiger partial charge in [-0.25, -0.2) is 13.4 Å². The average molecular weight is 520 g/mol. The van der Waals surface area contributed by atoms with Crippen LogP contribution in [0.1, 0.15) is 55.2 Å². The van der Waals surface area contributed by atoms with Gasteiger partial charge in [-0.1, -0.05) is 44.5 Å². The summed E-state index contributed by atoms with van der Waals surface area (Å²) >= 11 is 0. The second kappa shape index (κ2) is 14.0. The van der Waals surface area contributed by atoms with Crippen molar-refractivity contribution < 1.29 is 23.1 Å². The molecule has 0 aliphatic heterocycles. The summed E-state index contributed by atoms with van der Waals surface area (Å²) in [6, 6.07) is 5.64. The zero-order valence-corrected chi connectivity index (χ0v) is 21.9. The van der Waals surface area contributed by atoms with Crippen molar-refractivity contribution in [2.75, 3.05) is 18.1 Å². The molecule has 11 heteroatoms. The van der Waals surface area contributed by atoms with Gasteiger partial charge in [0.25, 0.3) is 5.91 Å². The van der Waals surface area contributed by atoms with Crippen molar-refractivity contribution in [2.24, 2.45) is 5.73 Å². The number of aryl methyl sites for hydroxylation is 1. The second-order valence-corrected chi connectivity index (χ2v) is 11.1. The Hall–Kier alpha value is -2.89. The molecule has 36 heavy (non-hydrogen) atoms. The minimum Gasteiger partial charge on any atom is -0.390 e. The van der Waals surface area contributed by atoms with E-state index in [4.69, 9.17) is 5.73 Å². The SMILES string of the molecule is CCCCS(=O)(=O)CC(NC(=O)c1cnccn1)C(=O)N(Cc1cccc(CC)c1)CC(O)C(C)N. The van der Waals surface area contributed by atoms with Crippen LogP contribution < -0.4 is 11.1 Å². The third-order valence-corrected chi connectivity index (χ3v) is 7.48. The quantitative estimate of drug-likeness (QED) is 0.335. The first kappa shape index (κ1) is 29.3. The van der Waals surface area contributed by atoms with E-state index in [-0.39, 0.29) is 24.5 Å². The molecule has 2 amide bonds. The summed E-state index contributed by atoms with van der Waals surface area (Å²) < 4.78 is 25.6. The van der Waals surface area contributed by atoms with Crippen LogP contribution in [0.2, 0.25) is 0 Å². The molecule has 3 unspecified atom stereocenters. The van der Waals surface area contributed by atoms with E-state index in [2.05, 4.69) is 15.3 Å². The van der Waals surface area contributed by atoms with Crippen LogP contribution in [0, 0.1) is 0 Å². The molecular weight excluding hydrogens is 482 g/mol. The van der Waals surface area contributed by atoms with E-state index in [1.54, 1.807) is 6.92 Å². The number of nitrogens with two attached hydrogens (primary N) is 1. The summed E-state index contributed by atoms with van der Waals surface area (Å²) in [5.41, 5.74) is 7.69. The molecule has 1 aromatic carbocycles. The van der Waals surface area contributed by atoms with Gasteiger partial charge in [0.05, 0.1) is 23.8 Å². The molecule has 0 bridgehead atoms. The molecule has 0 aliphatic carbocycles. The molecule has 0 saturated heterocycles. The van der Waals surface area contributed by atoms with Gasteiger partial charge in [0.1, 0.15) is 11.7 Å². The number of carbonyl (C=O) groups is 2. The van der Waals surface area contributed by atoms with E-state index in [1.807, 2.05) is 38.1 Å². The zero-order chi connectivity index (χ0) is 26.7. The van der Waals surface area contributed by atoms with E-state index in [9.17, 15) is 23.1 Å². The van der Waals surface area contributed by atoms with Crippen LogP contribution >= 0.6 is 0 Å².